The fraction of sp³-hybridized carbons (Fsp3) is 0.294. The molecule has 3 heterocycles. The Bertz CT molecular complexity index is 679. The molecular formula is C17H16N2S. The smallest absolute Gasteiger partial charge is 0.0824 e. The number of nitrogens with zero attached hydrogens (tertiary/aromatic N) is 2. The van der Waals surface area contributed by atoms with E-state index in [0.717, 1.165) is 37.2 Å². The fourth-order valence-corrected chi connectivity index (χ4v) is 3.67. The molecule has 2 aliphatic heterocycles. The number of aromatic nitrogens is 1. The average Bonchev–Trinajstić information content (AvgIpc) is 2.84. The van der Waals surface area contributed by atoms with E-state index >= 15 is 0 Å². The molecule has 0 radical (unpaired) electrons. The van der Waals surface area contributed by atoms with Crippen molar-refractivity contribution in [1.29, 1.82) is 0 Å². The molecule has 0 amide bonds. The van der Waals surface area contributed by atoms with E-state index < -0.39 is 0 Å². The van der Waals surface area contributed by atoms with Crippen LogP contribution in [0.25, 0.3) is 11.1 Å². The summed E-state index contributed by atoms with van der Waals surface area (Å²) < 4.78 is 0. The second-order valence-corrected chi connectivity index (χ2v) is 6.00. The van der Waals surface area contributed by atoms with Crippen LogP contribution in [-0.4, -0.2) is 16.5 Å². The van der Waals surface area contributed by atoms with Crippen LogP contribution in [0.15, 0.2) is 36.7 Å². The van der Waals surface area contributed by atoms with E-state index in [0.29, 0.717) is 0 Å². The van der Waals surface area contributed by atoms with Crippen molar-refractivity contribution < 1.29 is 0 Å². The molecule has 0 fully saturated rings. The molecule has 4 rings (SSSR count). The summed E-state index contributed by atoms with van der Waals surface area (Å²) in [4.78, 5) is 7.72. The van der Waals surface area contributed by atoms with Gasteiger partial charge in [-0.1, -0.05) is 18.3 Å². The molecule has 2 aromatic rings. The zero-order chi connectivity index (χ0) is 13.5. The molecule has 2 aliphatic rings. The number of pyridine rings is 1. The average molecular weight is 280 g/mol. The van der Waals surface area contributed by atoms with Crippen LogP contribution < -0.4 is 4.90 Å². The molecule has 0 N–H and O–H groups in total. The molecule has 0 unspecified atom stereocenters. The number of aryl methyl sites for hydroxylation is 1. The quantitative estimate of drug-likeness (QED) is 0.740. The fourth-order valence-electron chi connectivity index (χ4n) is 3.35. The Balaban J connectivity index is 1.88. The van der Waals surface area contributed by atoms with Gasteiger partial charge in [-0.25, -0.2) is 0 Å². The van der Waals surface area contributed by atoms with Crippen molar-refractivity contribution in [2.75, 3.05) is 11.4 Å². The molecule has 1 aromatic carbocycles. The first-order valence-electron chi connectivity index (χ1n) is 7.19. The first-order valence-corrected chi connectivity index (χ1v) is 7.60. The number of anilines is 1. The van der Waals surface area contributed by atoms with Gasteiger partial charge in [0.2, 0.25) is 0 Å². The number of benzene rings is 1. The van der Waals surface area contributed by atoms with Crippen molar-refractivity contribution in [3.05, 3.63) is 47.8 Å². The van der Waals surface area contributed by atoms with Gasteiger partial charge in [-0.15, -0.1) is 0 Å². The standard InChI is InChI=1S/C17H16N2S/c20-16-5-1-3-12-9-15(14-4-2-7-18-11-14)10-13-6-8-19(16)17(12)13/h2,4,7,9-11H,1,3,5-6,8H2. The summed E-state index contributed by atoms with van der Waals surface area (Å²) in [6, 6.07) is 8.79. The lowest BCUT2D eigenvalue weighted by Gasteiger charge is -2.20. The summed E-state index contributed by atoms with van der Waals surface area (Å²) in [5.74, 6) is 0. The number of thiocarbonyl (C=S) groups is 1. The van der Waals surface area contributed by atoms with Gasteiger partial charge in [0.25, 0.3) is 0 Å². The van der Waals surface area contributed by atoms with Crippen LogP contribution in [0.4, 0.5) is 5.69 Å². The second-order valence-electron chi connectivity index (χ2n) is 5.53. The van der Waals surface area contributed by atoms with Gasteiger partial charge in [-0.3, -0.25) is 4.98 Å². The maximum atomic E-state index is 5.56. The Kier molecular flexibility index (Phi) is 2.81. The number of rotatable bonds is 1. The SMILES string of the molecule is S=C1CCCc2cc(-c3cccnc3)cc3c2N1CC3. The zero-order valence-corrected chi connectivity index (χ0v) is 12.1. The van der Waals surface area contributed by atoms with E-state index in [1.54, 1.807) is 0 Å². The van der Waals surface area contributed by atoms with Crippen molar-refractivity contribution in [2.24, 2.45) is 0 Å². The highest BCUT2D eigenvalue weighted by atomic mass is 32.1. The summed E-state index contributed by atoms with van der Waals surface area (Å²) >= 11 is 5.56. The first kappa shape index (κ1) is 12.0. The van der Waals surface area contributed by atoms with Gasteiger partial charge in [0.05, 0.1) is 4.99 Å². The molecule has 0 atom stereocenters. The van der Waals surface area contributed by atoms with Crippen LogP contribution in [0.1, 0.15) is 24.0 Å². The van der Waals surface area contributed by atoms with Crippen LogP contribution in [0.5, 0.6) is 0 Å². The van der Waals surface area contributed by atoms with E-state index in [9.17, 15) is 0 Å². The topological polar surface area (TPSA) is 16.1 Å². The zero-order valence-electron chi connectivity index (χ0n) is 11.3. The van der Waals surface area contributed by atoms with Gasteiger partial charge in [-0.2, -0.15) is 0 Å². The molecule has 20 heavy (non-hydrogen) atoms. The van der Waals surface area contributed by atoms with Gasteiger partial charge in [-0.05, 0) is 60.6 Å². The van der Waals surface area contributed by atoms with Crippen molar-refractivity contribution in [2.45, 2.75) is 25.7 Å². The number of hydrogen-bond donors (Lipinski definition) is 0. The van der Waals surface area contributed by atoms with Crippen LogP contribution in [0.2, 0.25) is 0 Å². The van der Waals surface area contributed by atoms with E-state index in [4.69, 9.17) is 12.2 Å². The maximum Gasteiger partial charge on any atom is 0.0824 e. The van der Waals surface area contributed by atoms with Crippen molar-refractivity contribution in [3.8, 4) is 11.1 Å². The van der Waals surface area contributed by atoms with E-state index in [2.05, 4.69) is 28.1 Å². The van der Waals surface area contributed by atoms with Crippen molar-refractivity contribution >= 4 is 22.9 Å². The van der Waals surface area contributed by atoms with E-state index in [-0.39, 0.29) is 0 Å². The monoisotopic (exact) mass is 280 g/mol. The lowest BCUT2D eigenvalue weighted by atomic mass is 9.97. The highest BCUT2D eigenvalue weighted by Crippen LogP contribution is 2.39. The molecule has 100 valence electrons. The van der Waals surface area contributed by atoms with Gasteiger partial charge in [0.1, 0.15) is 0 Å². The van der Waals surface area contributed by atoms with Crippen LogP contribution >= 0.6 is 12.2 Å². The first-order chi connectivity index (χ1) is 9.83. The second kappa shape index (κ2) is 4.67. The predicted octanol–water partition coefficient (Wildman–Crippen LogP) is 3.77. The molecule has 0 spiro atoms. The molecule has 3 heteroatoms. The third-order valence-electron chi connectivity index (χ3n) is 4.28. The van der Waals surface area contributed by atoms with Gasteiger partial charge < -0.3 is 4.90 Å². The van der Waals surface area contributed by atoms with Crippen molar-refractivity contribution in [3.63, 3.8) is 0 Å². The molecule has 0 aliphatic carbocycles. The van der Waals surface area contributed by atoms with E-state index in [1.165, 1.54) is 27.9 Å². The van der Waals surface area contributed by atoms with E-state index in [1.807, 2.05) is 18.5 Å². The molecule has 0 saturated carbocycles. The highest BCUT2D eigenvalue weighted by Gasteiger charge is 2.27. The molecule has 0 bridgehead atoms. The Hall–Kier alpha value is -1.74. The highest BCUT2D eigenvalue weighted by molar-refractivity contribution is 7.80. The van der Waals surface area contributed by atoms with Gasteiger partial charge in [0, 0.05) is 30.2 Å². The maximum absolute atomic E-state index is 5.56. The lowest BCUT2D eigenvalue weighted by Crippen LogP contribution is -2.26. The molecule has 0 saturated heterocycles. The minimum absolute atomic E-state index is 1.05. The molecular weight excluding hydrogens is 264 g/mol. The molecule has 1 aromatic heterocycles. The normalized spacial score (nSPS) is 17.0. The Morgan fingerprint density at radius 3 is 2.70 bits per heavy atom. The summed E-state index contributed by atoms with van der Waals surface area (Å²) in [7, 11) is 0. The number of hydrogen-bond acceptors (Lipinski definition) is 2. The Labute approximate surface area is 124 Å². The Morgan fingerprint density at radius 1 is 1.05 bits per heavy atom. The summed E-state index contributed by atoms with van der Waals surface area (Å²) in [5.41, 5.74) is 6.81. The summed E-state index contributed by atoms with van der Waals surface area (Å²) in [6.45, 7) is 1.05. The summed E-state index contributed by atoms with van der Waals surface area (Å²) in [5, 5.41) is 0. The van der Waals surface area contributed by atoms with Crippen LogP contribution in [0.3, 0.4) is 0 Å². The minimum atomic E-state index is 1.05. The van der Waals surface area contributed by atoms with Gasteiger partial charge in [0.15, 0.2) is 0 Å². The lowest BCUT2D eigenvalue weighted by molar-refractivity contribution is 0.877. The van der Waals surface area contributed by atoms with Crippen LogP contribution in [-0.2, 0) is 12.8 Å². The third kappa shape index (κ3) is 1.85. The van der Waals surface area contributed by atoms with Crippen molar-refractivity contribution in [1.82, 2.24) is 4.98 Å². The minimum Gasteiger partial charge on any atom is -0.335 e. The third-order valence-corrected chi connectivity index (χ3v) is 4.70. The molecule has 2 nitrogen and oxygen atoms in total. The van der Waals surface area contributed by atoms with Gasteiger partial charge >= 0.3 is 0 Å². The Morgan fingerprint density at radius 2 is 1.90 bits per heavy atom. The summed E-state index contributed by atoms with van der Waals surface area (Å²) in [6.07, 6.45) is 8.22. The van der Waals surface area contributed by atoms with Crippen LogP contribution in [0, 0.1) is 0 Å². The predicted molar refractivity (Wildman–Crippen MR) is 86.3 cm³/mol. The largest absolute Gasteiger partial charge is 0.335 e.